The van der Waals surface area contributed by atoms with Crippen molar-refractivity contribution in [1.29, 1.82) is 0 Å². The highest BCUT2D eigenvalue weighted by molar-refractivity contribution is 7.89. The van der Waals surface area contributed by atoms with Crippen LogP contribution in [0.3, 0.4) is 0 Å². The number of nitrogens with one attached hydrogen (secondary N) is 1. The van der Waals surface area contributed by atoms with E-state index in [-0.39, 0.29) is 22.0 Å². The molecule has 20 heavy (non-hydrogen) atoms. The number of hydrogen-bond donors (Lipinski definition) is 1. The van der Waals surface area contributed by atoms with Gasteiger partial charge in [-0.15, -0.1) is 0 Å². The maximum absolute atomic E-state index is 12.3. The molecule has 1 saturated carbocycles. The average Bonchev–Trinajstić information content (AvgIpc) is 2.37. The van der Waals surface area contributed by atoms with Gasteiger partial charge in [0.15, 0.2) is 0 Å². The molecule has 2 atom stereocenters. The highest BCUT2D eigenvalue weighted by Crippen LogP contribution is 2.51. The van der Waals surface area contributed by atoms with Crippen molar-refractivity contribution < 1.29 is 13.2 Å². The van der Waals surface area contributed by atoms with Crippen molar-refractivity contribution in [2.24, 2.45) is 5.41 Å². The molecule has 1 heterocycles. The highest BCUT2D eigenvalue weighted by Gasteiger charge is 2.58. The molecule has 1 aromatic rings. The second-order valence-corrected chi connectivity index (χ2v) is 8.02. The average molecular weight is 319 g/mol. The first-order valence-electron chi connectivity index (χ1n) is 6.30. The van der Waals surface area contributed by atoms with E-state index in [9.17, 15) is 8.42 Å². The third-order valence-corrected chi connectivity index (χ3v) is 6.21. The summed E-state index contributed by atoms with van der Waals surface area (Å²) >= 11 is 5.78. The normalized spacial score (nSPS) is 28.9. The molecule has 1 N–H and O–H groups in total. The van der Waals surface area contributed by atoms with Gasteiger partial charge in [0, 0.05) is 31.0 Å². The minimum atomic E-state index is -3.62. The van der Waals surface area contributed by atoms with Crippen molar-refractivity contribution in [2.45, 2.75) is 43.7 Å². The van der Waals surface area contributed by atoms with E-state index in [0.717, 1.165) is 0 Å². The van der Waals surface area contributed by atoms with E-state index in [4.69, 9.17) is 16.3 Å². The first-order valence-corrected chi connectivity index (χ1v) is 8.16. The number of nitrogens with zero attached hydrogens (tertiary/aromatic N) is 1. The van der Waals surface area contributed by atoms with Crippen LogP contribution in [0.25, 0.3) is 0 Å². The van der Waals surface area contributed by atoms with Gasteiger partial charge in [0.1, 0.15) is 4.90 Å². The topological polar surface area (TPSA) is 68.3 Å². The molecular weight excluding hydrogens is 300 g/mol. The molecule has 0 amide bonds. The molecule has 7 heteroatoms. The smallest absolute Gasteiger partial charge is 0.242 e. The van der Waals surface area contributed by atoms with Crippen molar-refractivity contribution in [3.05, 3.63) is 23.5 Å². The van der Waals surface area contributed by atoms with E-state index in [1.165, 1.54) is 18.5 Å². The van der Waals surface area contributed by atoms with Gasteiger partial charge in [0.25, 0.3) is 0 Å². The van der Waals surface area contributed by atoms with Gasteiger partial charge in [-0.2, -0.15) is 0 Å². The van der Waals surface area contributed by atoms with Crippen molar-refractivity contribution >= 4 is 21.6 Å². The van der Waals surface area contributed by atoms with Gasteiger partial charge in [0.05, 0.1) is 10.6 Å². The van der Waals surface area contributed by atoms with Crippen molar-refractivity contribution in [1.82, 2.24) is 9.71 Å². The fraction of sp³-hybridized carbons (Fsp3) is 0.615. The molecule has 1 aromatic heterocycles. The Balaban J connectivity index is 2.20. The quantitative estimate of drug-likeness (QED) is 0.924. The van der Waals surface area contributed by atoms with E-state index in [1.54, 1.807) is 7.11 Å². The fourth-order valence-electron chi connectivity index (χ4n) is 2.48. The minimum absolute atomic E-state index is 0.0758. The summed E-state index contributed by atoms with van der Waals surface area (Å²) in [5, 5.41) is 0.294. The third-order valence-electron chi connectivity index (χ3n) is 4.57. The van der Waals surface area contributed by atoms with Crippen LogP contribution in [0.15, 0.2) is 23.4 Å². The Morgan fingerprint density at radius 1 is 1.40 bits per heavy atom. The largest absolute Gasteiger partial charge is 0.378 e. The first-order chi connectivity index (χ1) is 9.12. The highest BCUT2D eigenvalue weighted by atomic mass is 35.5. The van der Waals surface area contributed by atoms with Crippen LogP contribution in [0.2, 0.25) is 5.02 Å². The second-order valence-electron chi connectivity index (χ2n) is 5.87. The summed E-state index contributed by atoms with van der Waals surface area (Å²) in [4.78, 5) is 3.88. The molecule has 1 aliphatic carbocycles. The molecule has 0 saturated heterocycles. The van der Waals surface area contributed by atoms with Crippen LogP contribution in [-0.4, -0.2) is 32.2 Å². The van der Waals surface area contributed by atoms with Crippen LogP contribution in [0, 0.1) is 5.41 Å². The maximum Gasteiger partial charge on any atom is 0.242 e. The van der Waals surface area contributed by atoms with Crippen molar-refractivity contribution in [2.75, 3.05) is 7.11 Å². The lowest BCUT2D eigenvalue weighted by atomic mass is 9.56. The predicted molar refractivity (Wildman–Crippen MR) is 77.2 cm³/mol. The summed E-state index contributed by atoms with van der Waals surface area (Å²) in [6.07, 6.45) is 3.31. The molecule has 5 nitrogen and oxygen atoms in total. The molecule has 1 aliphatic rings. The molecule has 1 fully saturated rings. The summed E-state index contributed by atoms with van der Waals surface area (Å²) in [6.45, 7) is 5.96. The zero-order chi connectivity index (χ0) is 15.2. The van der Waals surface area contributed by atoms with Crippen molar-refractivity contribution in [3.63, 3.8) is 0 Å². The van der Waals surface area contributed by atoms with Gasteiger partial charge in [-0.25, -0.2) is 13.1 Å². The molecular formula is C13H19ClN2O3S. The number of aromatic nitrogens is 1. The summed E-state index contributed by atoms with van der Waals surface area (Å²) in [7, 11) is -1.98. The summed E-state index contributed by atoms with van der Waals surface area (Å²) in [6, 6.07) is 1.20. The molecule has 0 spiro atoms. The molecule has 2 rings (SSSR count). The minimum Gasteiger partial charge on any atom is -0.378 e. The van der Waals surface area contributed by atoms with Crippen molar-refractivity contribution in [3.8, 4) is 0 Å². The summed E-state index contributed by atoms with van der Waals surface area (Å²) in [5.74, 6) is 0. The lowest BCUT2D eigenvalue weighted by Crippen LogP contribution is -2.68. The Kier molecular flexibility index (Phi) is 3.88. The van der Waals surface area contributed by atoms with E-state index < -0.39 is 10.0 Å². The van der Waals surface area contributed by atoms with Gasteiger partial charge >= 0.3 is 0 Å². The monoisotopic (exact) mass is 318 g/mol. The van der Waals surface area contributed by atoms with Gasteiger partial charge in [-0.05, 0) is 19.4 Å². The number of ether oxygens (including phenoxy) is 1. The standard InChI is InChI=1S/C13H19ClN2O3S/c1-12(2)11(6-13(12,3)19-4)16-20(17,18)10-5-9(14)7-15-8-10/h5,7-8,11,16H,6H2,1-4H3. The lowest BCUT2D eigenvalue weighted by Gasteiger charge is -2.58. The molecule has 0 bridgehead atoms. The van der Waals surface area contributed by atoms with Gasteiger partial charge in [-0.1, -0.05) is 25.4 Å². The van der Waals surface area contributed by atoms with E-state index >= 15 is 0 Å². The lowest BCUT2D eigenvalue weighted by molar-refractivity contribution is -0.175. The summed E-state index contributed by atoms with van der Waals surface area (Å²) in [5.41, 5.74) is -0.617. The zero-order valence-electron chi connectivity index (χ0n) is 12.0. The predicted octanol–water partition coefficient (Wildman–Crippen LogP) is 2.22. The van der Waals surface area contributed by atoms with Crippen LogP contribution in [0.5, 0.6) is 0 Å². The zero-order valence-corrected chi connectivity index (χ0v) is 13.5. The first kappa shape index (κ1) is 15.7. The van der Waals surface area contributed by atoms with Crippen LogP contribution < -0.4 is 4.72 Å². The van der Waals surface area contributed by atoms with E-state index in [0.29, 0.717) is 11.4 Å². The molecule has 0 aliphatic heterocycles. The number of sulfonamides is 1. The SMILES string of the molecule is COC1(C)CC(NS(=O)(=O)c2cncc(Cl)c2)C1(C)C. The Morgan fingerprint density at radius 2 is 2.05 bits per heavy atom. The Hall–Kier alpha value is -0.690. The van der Waals surface area contributed by atoms with Crippen LogP contribution in [-0.2, 0) is 14.8 Å². The Labute approximate surface area is 124 Å². The van der Waals surface area contributed by atoms with E-state index in [2.05, 4.69) is 9.71 Å². The number of hydrogen-bond acceptors (Lipinski definition) is 4. The summed E-state index contributed by atoms with van der Waals surface area (Å²) < 4.78 is 32.8. The van der Waals surface area contributed by atoms with Crippen LogP contribution >= 0.6 is 11.6 Å². The van der Waals surface area contributed by atoms with Crippen LogP contribution in [0.4, 0.5) is 0 Å². The van der Waals surface area contributed by atoms with Gasteiger partial charge in [-0.3, -0.25) is 4.98 Å². The molecule has 0 aromatic carbocycles. The number of halogens is 1. The molecule has 112 valence electrons. The maximum atomic E-state index is 12.3. The van der Waals surface area contributed by atoms with Crippen LogP contribution in [0.1, 0.15) is 27.2 Å². The number of rotatable bonds is 4. The fourth-order valence-corrected chi connectivity index (χ4v) is 4.08. The Bertz CT molecular complexity index is 618. The number of pyridine rings is 1. The van der Waals surface area contributed by atoms with Gasteiger partial charge < -0.3 is 4.74 Å². The second kappa shape index (κ2) is 4.94. The molecule has 0 radical (unpaired) electrons. The Morgan fingerprint density at radius 3 is 2.55 bits per heavy atom. The number of methoxy groups -OCH3 is 1. The third kappa shape index (κ3) is 2.45. The van der Waals surface area contributed by atoms with Gasteiger partial charge in [0.2, 0.25) is 10.0 Å². The van der Waals surface area contributed by atoms with E-state index in [1.807, 2.05) is 20.8 Å². The molecule has 2 unspecified atom stereocenters.